The first-order chi connectivity index (χ1) is 14.6. The summed E-state index contributed by atoms with van der Waals surface area (Å²) in [4.78, 5) is 32.2. The smallest absolute Gasteiger partial charge is 0.325 e. The van der Waals surface area contributed by atoms with Crippen LogP contribution in [0.3, 0.4) is 0 Å². The molecule has 0 aliphatic heterocycles. The van der Waals surface area contributed by atoms with Crippen molar-refractivity contribution in [2.45, 2.75) is 17.3 Å². The van der Waals surface area contributed by atoms with Crippen molar-refractivity contribution in [2.24, 2.45) is 0 Å². The Bertz CT molecular complexity index is 1220. The van der Waals surface area contributed by atoms with Crippen molar-refractivity contribution in [3.63, 3.8) is 0 Å². The van der Waals surface area contributed by atoms with Gasteiger partial charge in [-0.15, -0.1) is 10.2 Å². The summed E-state index contributed by atoms with van der Waals surface area (Å²) in [6.45, 7) is 0. The summed E-state index contributed by atoms with van der Waals surface area (Å²) in [6, 6.07) is 12.7. The van der Waals surface area contributed by atoms with Crippen LogP contribution < -0.4 is 16.0 Å². The molecule has 0 fully saturated rings. The quantitative estimate of drug-likeness (QED) is 0.437. The number of thioether (sulfide) groups is 1. The summed E-state index contributed by atoms with van der Waals surface area (Å²) in [5.41, 5.74) is 1.34. The maximum atomic E-state index is 11.6. The van der Waals surface area contributed by atoms with Gasteiger partial charge in [-0.1, -0.05) is 17.8 Å². The fraction of sp³-hybridized carbons (Fsp3) is 0.150. The highest BCUT2D eigenvalue weighted by Gasteiger charge is 2.16. The third-order valence-electron chi connectivity index (χ3n) is 4.29. The molecule has 0 amide bonds. The molecule has 3 heterocycles. The highest BCUT2D eigenvalue weighted by molar-refractivity contribution is 7.98. The number of hydrogen-bond acceptors (Lipinski definition) is 7. The highest BCUT2D eigenvalue weighted by Crippen LogP contribution is 2.26. The minimum Gasteiger partial charge on any atom is -0.497 e. The predicted octanol–water partition coefficient (Wildman–Crippen LogP) is 1.93. The monoisotopic (exact) mass is 422 g/mol. The molecule has 0 unspecified atom stereocenters. The van der Waals surface area contributed by atoms with Crippen LogP contribution in [0.5, 0.6) is 5.75 Å². The Morgan fingerprint density at radius 3 is 2.63 bits per heavy atom. The van der Waals surface area contributed by atoms with Gasteiger partial charge in [0.2, 0.25) is 0 Å². The van der Waals surface area contributed by atoms with Crippen LogP contribution in [0.25, 0.3) is 5.69 Å². The van der Waals surface area contributed by atoms with Crippen LogP contribution in [-0.4, -0.2) is 36.8 Å². The molecule has 0 bridgehead atoms. The summed E-state index contributed by atoms with van der Waals surface area (Å²) >= 11 is 1.52. The lowest BCUT2D eigenvalue weighted by atomic mass is 10.2. The second-order valence-corrected chi connectivity index (χ2v) is 7.31. The number of pyridine rings is 1. The van der Waals surface area contributed by atoms with Crippen molar-refractivity contribution >= 4 is 11.8 Å². The van der Waals surface area contributed by atoms with Crippen molar-refractivity contribution in [2.75, 3.05) is 7.11 Å². The topological polar surface area (TPSA) is 119 Å². The number of aromatic amines is 2. The number of nitrogens with one attached hydrogen (secondary N) is 2. The van der Waals surface area contributed by atoms with Crippen LogP contribution in [0.15, 0.2) is 69.6 Å². The van der Waals surface area contributed by atoms with Crippen LogP contribution in [0.2, 0.25) is 0 Å². The van der Waals surface area contributed by atoms with E-state index in [1.165, 1.54) is 17.8 Å². The SMILES string of the molecule is COc1ccc(-n2c(Cc3cc(=O)[nH]c(=O)[nH]3)nnc2SCc2cccnc2)cc1. The van der Waals surface area contributed by atoms with Gasteiger partial charge in [0.15, 0.2) is 5.16 Å². The van der Waals surface area contributed by atoms with Crippen molar-refractivity contribution in [3.8, 4) is 11.4 Å². The minimum absolute atomic E-state index is 0.242. The van der Waals surface area contributed by atoms with E-state index in [-0.39, 0.29) is 6.42 Å². The normalized spacial score (nSPS) is 10.8. The molecule has 0 saturated heterocycles. The van der Waals surface area contributed by atoms with Crippen LogP contribution in [0.4, 0.5) is 0 Å². The number of hydrogen-bond donors (Lipinski definition) is 2. The van der Waals surface area contributed by atoms with Gasteiger partial charge < -0.3 is 9.72 Å². The van der Waals surface area contributed by atoms with Gasteiger partial charge in [-0.05, 0) is 35.9 Å². The molecule has 0 spiro atoms. The number of methoxy groups -OCH3 is 1. The van der Waals surface area contributed by atoms with Gasteiger partial charge in [-0.3, -0.25) is 19.3 Å². The molecule has 0 atom stereocenters. The summed E-state index contributed by atoms with van der Waals surface area (Å²) < 4.78 is 7.15. The Hall–Kier alpha value is -3.66. The van der Waals surface area contributed by atoms with E-state index in [0.29, 0.717) is 22.4 Å². The van der Waals surface area contributed by atoms with Crippen LogP contribution in [0.1, 0.15) is 17.1 Å². The zero-order valence-electron chi connectivity index (χ0n) is 16.0. The average molecular weight is 422 g/mol. The first-order valence-corrected chi connectivity index (χ1v) is 10.0. The van der Waals surface area contributed by atoms with Crippen molar-refractivity contribution in [1.29, 1.82) is 0 Å². The third-order valence-corrected chi connectivity index (χ3v) is 5.29. The van der Waals surface area contributed by atoms with E-state index in [4.69, 9.17) is 4.74 Å². The lowest BCUT2D eigenvalue weighted by Crippen LogP contribution is -2.23. The van der Waals surface area contributed by atoms with E-state index in [0.717, 1.165) is 17.0 Å². The number of nitrogens with zero attached hydrogens (tertiary/aromatic N) is 4. The molecular weight excluding hydrogens is 404 g/mol. The summed E-state index contributed by atoms with van der Waals surface area (Å²) in [5.74, 6) is 2.00. The maximum absolute atomic E-state index is 11.6. The van der Waals surface area contributed by atoms with Gasteiger partial charge in [0.25, 0.3) is 5.56 Å². The molecule has 0 aliphatic carbocycles. The van der Waals surface area contributed by atoms with Crippen molar-refractivity contribution in [1.82, 2.24) is 29.7 Å². The number of H-pyrrole nitrogens is 2. The van der Waals surface area contributed by atoms with Gasteiger partial charge in [0.1, 0.15) is 11.6 Å². The molecule has 0 aliphatic rings. The van der Waals surface area contributed by atoms with E-state index in [1.807, 2.05) is 47.2 Å². The molecule has 4 rings (SSSR count). The van der Waals surface area contributed by atoms with E-state index in [9.17, 15) is 9.59 Å². The Morgan fingerprint density at radius 1 is 1.10 bits per heavy atom. The minimum atomic E-state index is -0.556. The molecule has 0 saturated carbocycles. The molecule has 30 heavy (non-hydrogen) atoms. The van der Waals surface area contributed by atoms with E-state index >= 15 is 0 Å². The standard InChI is InChI=1S/C20H18N6O3S/c1-29-16-6-4-15(5-7-16)26-17(9-14-10-18(27)23-19(28)22-14)24-25-20(26)30-12-13-3-2-8-21-11-13/h2-8,10-11H,9,12H2,1H3,(H2,22,23,27,28). The van der Waals surface area contributed by atoms with Crippen LogP contribution in [-0.2, 0) is 12.2 Å². The van der Waals surface area contributed by atoms with E-state index in [1.54, 1.807) is 13.3 Å². The largest absolute Gasteiger partial charge is 0.497 e. The molecule has 4 aromatic rings. The summed E-state index contributed by atoms with van der Waals surface area (Å²) in [7, 11) is 1.61. The fourth-order valence-corrected chi connectivity index (χ4v) is 3.82. The number of benzene rings is 1. The maximum Gasteiger partial charge on any atom is 0.325 e. The molecular formula is C20H18N6O3S. The third kappa shape index (κ3) is 4.49. The number of aromatic nitrogens is 6. The highest BCUT2D eigenvalue weighted by atomic mass is 32.2. The first-order valence-electron chi connectivity index (χ1n) is 9.05. The molecule has 10 heteroatoms. The molecule has 0 radical (unpaired) electrons. The van der Waals surface area contributed by atoms with Crippen LogP contribution >= 0.6 is 11.8 Å². The lowest BCUT2D eigenvalue weighted by molar-refractivity contribution is 0.414. The Morgan fingerprint density at radius 2 is 1.93 bits per heavy atom. The van der Waals surface area contributed by atoms with Gasteiger partial charge in [0.05, 0.1) is 7.11 Å². The second kappa shape index (κ2) is 8.78. The Labute approximate surface area is 175 Å². The molecule has 2 N–H and O–H groups in total. The zero-order chi connectivity index (χ0) is 20.9. The molecule has 1 aromatic carbocycles. The van der Waals surface area contributed by atoms with Crippen molar-refractivity contribution in [3.05, 3.63) is 92.8 Å². The Kier molecular flexibility index (Phi) is 5.75. The fourth-order valence-electron chi connectivity index (χ4n) is 2.92. The number of ether oxygens (including phenoxy) is 1. The summed E-state index contributed by atoms with van der Waals surface area (Å²) in [5, 5.41) is 9.34. The van der Waals surface area contributed by atoms with Crippen molar-refractivity contribution < 1.29 is 4.74 Å². The van der Waals surface area contributed by atoms with Gasteiger partial charge in [-0.25, -0.2) is 4.79 Å². The van der Waals surface area contributed by atoms with E-state index in [2.05, 4.69) is 25.1 Å². The van der Waals surface area contributed by atoms with Gasteiger partial charge in [0, 0.05) is 42.0 Å². The molecule has 3 aromatic heterocycles. The summed E-state index contributed by atoms with van der Waals surface area (Å²) in [6.07, 6.45) is 3.78. The predicted molar refractivity (Wildman–Crippen MR) is 112 cm³/mol. The van der Waals surface area contributed by atoms with E-state index < -0.39 is 11.2 Å². The molecule has 9 nitrogen and oxygen atoms in total. The second-order valence-electron chi connectivity index (χ2n) is 6.37. The molecule has 152 valence electrons. The van der Waals surface area contributed by atoms with Crippen LogP contribution in [0, 0.1) is 0 Å². The zero-order valence-corrected chi connectivity index (χ0v) is 16.8. The van der Waals surface area contributed by atoms with Gasteiger partial charge >= 0.3 is 5.69 Å². The lowest BCUT2D eigenvalue weighted by Gasteiger charge is -2.11. The number of rotatable bonds is 7. The Balaban J connectivity index is 1.70. The van der Waals surface area contributed by atoms with Gasteiger partial charge in [-0.2, -0.15) is 0 Å². The first kappa shape index (κ1) is 19.6. The average Bonchev–Trinajstić information content (AvgIpc) is 3.14.